The maximum absolute atomic E-state index is 8.88. The van der Waals surface area contributed by atoms with Crippen molar-refractivity contribution in [3.8, 4) is 6.07 Å². The van der Waals surface area contributed by atoms with Crippen LogP contribution in [0.1, 0.15) is 22.4 Å². The van der Waals surface area contributed by atoms with Gasteiger partial charge in [0.2, 0.25) is 0 Å². The zero-order chi connectivity index (χ0) is 18.4. The average molecular weight is 385 g/mol. The van der Waals surface area contributed by atoms with Gasteiger partial charge in [-0.3, -0.25) is 0 Å². The summed E-state index contributed by atoms with van der Waals surface area (Å²) >= 11 is 12.2. The lowest BCUT2D eigenvalue weighted by atomic mass is 10.1. The van der Waals surface area contributed by atoms with Gasteiger partial charge < -0.3 is 9.88 Å². The molecule has 0 aliphatic carbocycles. The molecule has 0 aliphatic heterocycles. The van der Waals surface area contributed by atoms with Crippen LogP contribution in [0.4, 0.5) is 0 Å². The molecule has 1 N–H and O–H groups in total. The molecule has 4 nitrogen and oxygen atoms in total. The predicted molar refractivity (Wildman–Crippen MR) is 104 cm³/mol. The fourth-order valence-electron chi connectivity index (χ4n) is 2.70. The Labute approximate surface area is 163 Å². The van der Waals surface area contributed by atoms with Crippen molar-refractivity contribution in [3.63, 3.8) is 0 Å². The summed E-state index contributed by atoms with van der Waals surface area (Å²) in [5, 5.41) is 13.5. The van der Waals surface area contributed by atoms with Crippen LogP contribution in [-0.4, -0.2) is 16.1 Å². The van der Waals surface area contributed by atoms with Crippen molar-refractivity contribution < 1.29 is 0 Å². The topological polar surface area (TPSA) is 53.6 Å². The summed E-state index contributed by atoms with van der Waals surface area (Å²) in [5.41, 5.74) is 3.95. The van der Waals surface area contributed by atoms with Gasteiger partial charge in [0.15, 0.2) is 0 Å². The van der Waals surface area contributed by atoms with E-state index in [2.05, 4.69) is 20.9 Å². The molecular formula is C20H18Cl2N4. The number of imidazole rings is 1. The fraction of sp³-hybridized carbons (Fsp3) is 0.200. The summed E-state index contributed by atoms with van der Waals surface area (Å²) in [7, 11) is 0. The molecule has 6 heteroatoms. The number of benzene rings is 2. The second kappa shape index (κ2) is 8.86. The molecule has 1 aromatic heterocycles. The molecule has 0 aliphatic rings. The standard InChI is InChI=1S/C20H18Cl2N4/c21-19-3-1-2-17(20(19)22)11-24-9-8-18-12-25-14-26(18)13-16-6-4-15(10-23)5-7-16/h1-7,12,14,24H,8-9,11,13H2. The second-order valence-corrected chi connectivity index (χ2v) is 6.75. The minimum absolute atomic E-state index is 0.575. The van der Waals surface area contributed by atoms with Crippen LogP contribution in [0.3, 0.4) is 0 Å². The van der Waals surface area contributed by atoms with Crippen LogP contribution in [-0.2, 0) is 19.5 Å². The largest absolute Gasteiger partial charge is 0.330 e. The van der Waals surface area contributed by atoms with Crippen LogP contribution < -0.4 is 5.32 Å². The molecule has 0 saturated heterocycles. The second-order valence-electron chi connectivity index (χ2n) is 5.96. The zero-order valence-corrected chi connectivity index (χ0v) is 15.6. The fourth-order valence-corrected chi connectivity index (χ4v) is 3.09. The number of hydrogen-bond acceptors (Lipinski definition) is 3. The molecule has 2 aromatic carbocycles. The normalized spacial score (nSPS) is 10.7. The first kappa shape index (κ1) is 18.5. The molecule has 3 rings (SSSR count). The summed E-state index contributed by atoms with van der Waals surface area (Å²) in [5.74, 6) is 0. The maximum atomic E-state index is 8.88. The summed E-state index contributed by atoms with van der Waals surface area (Å²) in [4.78, 5) is 4.26. The number of halogens is 2. The highest BCUT2D eigenvalue weighted by molar-refractivity contribution is 6.42. The van der Waals surface area contributed by atoms with Crippen LogP contribution in [0.5, 0.6) is 0 Å². The highest BCUT2D eigenvalue weighted by atomic mass is 35.5. The zero-order valence-electron chi connectivity index (χ0n) is 14.1. The molecule has 0 amide bonds. The Morgan fingerprint density at radius 2 is 1.92 bits per heavy atom. The van der Waals surface area contributed by atoms with Crippen molar-refractivity contribution in [2.75, 3.05) is 6.54 Å². The molecule has 0 fully saturated rings. The van der Waals surface area contributed by atoms with E-state index in [4.69, 9.17) is 28.5 Å². The molecule has 132 valence electrons. The molecule has 0 spiro atoms. The van der Waals surface area contributed by atoms with Gasteiger partial charge in [0.25, 0.3) is 0 Å². The summed E-state index contributed by atoms with van der Waals surface area (Å²) in [6.07, 6.45) is 4.58. The summed E-state index contributed by atoms with van der Waals surface area (Å²) in [6.45, 7) is 2.21. The van der Waals surface area contributed by atoms with Crippen molar-refractivity contribution in [2.45, 2.75) is 19.5 Å². The van der Waals surface area contributed by atoms with Crippen LogP contribution in [0, 0.1) is 11.3 Å². The maximum Gasteiger partial charge on any atom is 0.0991 e. The quantitative estimate of drug-likeness (QED) is 0.612. The van der Waals surface area contributed by atoms with E-state index in [1.54, 1.807) is 6.07 Å². The first-order chi connectivity index (χ1) is 12.7. The molecule has 0 radical (unpaired) electrons. The van der Waals surface area contributed by atoms with Gasteiger partial charge in [-0.25, -0.2) is 4.98 Å². The minimum atomic E-state index is 0.575. The van der Waals surface area contributed by atoms with E-state index >= 15 is 0 Å². The Balaban J connectivity index is 1.54. The Morgan fingerprint density at radius 3 is 2.69 bits per heavy atom. The van der Waals surface area contributed by atoms with Gasteiger partial charge in [0.1, 0.15) is 0 Å². The van der Waals surface area contributed by atoms with Gasteiger partial charge in [0, 0.05) is 37.9 Å². The van der Waals surface area contributed by atoms with E-state index in [0.717, 1.165) is 36.3 Å². The first-order valence-electron chi connectivity index (χ1n) is 8.29. The monoisotopic (exact) mass is 384 g/mol. The highest BCUT2D eigenvalue weighted by Gasteiger charge is 2.06. The molecular weight excluding hydrogens is 367 g/mol. The lowest BCUT2D eigenvalue weighted by Gasteiger charge is -2.10. The van der Waals surface area contributed by atoms with Crippen LogP contribution in [0.25, 0.3) is 0 Å². The van der Waals surface area contributed by atoms with Crippen molar-refractivity contribution in [2.24, 2.45) is 0 Å². The van der Waals surface area contributed by atoms with Crippen molar-refractivity contribution in [3.05, 3.63) is 87.4 Å². The van der Waals surface area contributed by atoms with E-state index in [-0.39, 0.29) is 0 Å². The molecule has 0 atom stereocenters. The Hall–Kier alpha value is -2.32. The molecule has 0 bridgehead atoms. The summed E-state index contributed by atoms with van der Waals surface area (Å²) < 4.78 is 2.12. The number of aromatic nitrogens is 2. The summed E-state index contributed by atoms with van der Waals surface area (Å²) in [6, 6.07) is 15.4. The Morgan fingerprint density at radius 1 is 1.12 bits per heavy atom. The lowest BCUT2D eigenvalue weighted by Crippen LogP contribution is -2.18. The number of hydrogen-bond donors (Lipinski definition) is 1. The lowest BCUT2D eigenvalue weighted by molar-refractivity contribution is 0.652. The highest BCUT2D eigenvalue weighted by Crippen LogP contribution is 2.25. The average Bonchev–Trinajstić information content (AvgIpc) is 3.09. The van der Waals surface area contributed by atoms with E-state index in [1.165, 1.54) is 0 Å². The van der Waals surface area contributed by atoms with E-state index in [9.17, 15) is 0 Å². The molecule has 26 heavy (non-hydrogen) atoms. The van der Waals surface area contributed by atoms with Crippen LogP contribution in [0.15, 0.2) is 55.0 Å². The molecule has 0 saturated carbocycles. The SMILES string of the molecule is N#Cc1ccc(Cn2cncc2CCNCc2cccc(Cl)c2Cl)cc1. The molecule has 0 unspecified atom stereocenters. The van der Waals surface area contributed by atoms with Gasteiger partial charge in [-0.2, -0.15) is 5.26 Å². The van der Waals surface area contributed by atoms with Gasteiger partial charge in [-0.1, -0.05) is 47.5 Å². The smallest absolute Gasteiger partial charge is 0.0991 e. The number of nitriles is 1. The first-order valence-corrected chi connectivity index (χ1v) is 9.04. The number of rotatable bonds is 7. The van der Waals surface area contributed by atoms with E-state index in [1.807, 2.05) is 48.9 Å². The Kier molecular flexibility index (Phi) is 6.30. The van der Waals surface area contributed by atoms with Crippen molar-refractivity contribution >= 4 is 23.2 Å². The van der Waals surface area contributed by atoms with E-state index in [0.29, 0.717) is 22.2 Å². The third kappa shape index (κ3) is 4.64. The third-order valence-corrected chi connectivity index (χ3v) is 5.00. The third-order valence-electron chi connectivity index (χ3n) is 4.14. The minimum Gasteiger partial charge on any atom is -0.330 e. The molecule has 1 heterocycles. The van der Waals surface area contributed by atoms with Crippen molar-refractivity contribution in [1.82, 2.24) is 14.9 Å². The Bertz CT molecular complexity index is 910. The van der Waals surface area contributed by atoms with Gasteiger partial charge >= 0.3 is 0 Å². The van der Waals surface area contributed by atoms with Gasteiger partial charge in [-0.05, 0) is 29.3 Å². The van der Waals surface area contributed by atoms with Crippen molar-refractivity contribution in [1.29, 1.82) is 5.26 Å². The number of nitrogens with one attached hydrogen (secondary N) is 1. The van der Waals surface area contributed by atoms with E-state index < -0.39 is 0 Å². The van der Waals surface area contributed by atoms with Crippen LogP contribution in [0.2, 0.25) is 10.0 Å². The van der Waals surface area contributed by atoms with Gasteiger partial charge in [-0.15, -0.1) is 0 Å². The van der Waals surface area contributed by atoms with Crippen LogP contribution >= 0.6 is 23.2 Å². The number of nitrogens with zero attached hydrogens (tertiary/aromatic N) is 3. The predicted octanol–water partition coefficient (Wildman–Crippen LogP) is 4.44. The molecule has 3 aromatic rings. The van der Waals surface area contributed by atoms with Gasteiger partial charge in [0.05, 0.1) is 28.0 Å².